The quantitative estimate of drug-likeness (QED) is 0.917. The number of hydrogen-bond donors (Lipinski definition) is 1. The molecule has 1 unspecified atom stereocenters. The first-order valence-electron chi connectivity index (χ1n) is 7.40. The molecule has 0 aliphatic carbocycles. The van der Waals surface area contributed by atoms with Gasteiger partial charge in [0.05, 0.1) is 13.7 Å². The maximum absolute atomic E-state index is 6.04. The Hall–Kier alpha value is -1.55. The molecule has 2 aliphatic rings. The number of para-hydroxylation sites is 1. The first-order chi connectivity index (χ1) is 9.86. The molecule has 2 heterocycles. The topological polar surface area (TPSA) is 42.8 Å². The molecule has 4 heteroatoms. The van der Waals surface area contributed by atoms with E-state index in [1.807, 2.05) is 18.2 Å². The molecule has 108 valence electrons. The third-order valence-corrected chi connectivity index (χ3v) is 4.12. The summed E-state index contributed by atoms with van der Waals surface area (Å²) in [5.41, 5.74) is 1.10. The summed E-state index contributed by atoms with van der Waals surface area (Å²) in [7, 11) is 1.70. The second-order valence-corrected chi connectivity index (χ2v) is 5.48. The highest BCUT2D eigenvalue weighted by Crippen LogP contribution is 2.32. The third-order valence-electron chi connectivity index (χ3n) is 4.12. The summed E-state index contributed by atoms with van der Waals surface area (Å²) in [6, 6.07) is 8.04. The fourth-order valence-electron chi connectivity index (χ4n) is 2.96. The monoisotopic (exact) mass is 274 g/mol. The van der Waals surface area contributed by atoms with Crippen LogP contribution in [0.2, 0.25) is 0 Å². The molecule has 0 saturated carbocycles. The Balaban J connectivity index is 1.60. The van der Waals surface area contributed by atoms with Crippen molar-refractivity contribution in [2.75, 3.05) is 26.7 Å². The molecule has 0 amide bonds. The van der Waals surface area contributed by atoms with Crippen LogP contribution in [0.5, 0.6) is 5.75 Å². The number of rotatable bonds is 4. The average Bonchev–Trinajstić information content (AvgIpc) is 2.96. The van der Waals surface area contributed by atoms with Crippen LogP contribution in [-0.4, -0.2) is 32.6 Å². The normalized spacial score (nSPS) is 23.2. The predicted molar refractivity (Wildman–Crippen MR) is 79.3 cm³/mol. The van der Waals surface area contributed by atoms with E-state index in [2.05, 4.69) is 16.4 Å². The van der Waals surface area contributed by atoms with Crippen LogP contribution in [0, 0.1) is 5.92 Å². The smallest absolute Gasteiger partial charge is 0.184 e. The number of nitrogens with zero attached hydrogens (tertiary/aromatic N) is 1. The van der Waals surface area contributed by atoms with Gasteiger partial charge in [-0.05, 0) is 37.9 Å². The van der Waals surface area contributed by atoms with Gasteiger partial charge in [-0.1, -0.05) is 18.2 Å². The molecule has 1 N–H and O–H groups in total. The van der Waals surface area contributed by atoms with Gasteiger partial charge in [-0.2, -0.15) is 0 Å². The molecule has 1 aromatic carbocycles. The Morgan fingerprint density at radius 3 is 2.90 bits per heavy atom. The van der Waals surface area contributed by atoms with Crippen molar-refractivity contribution in [1.82, 2.24) is 5.32 Å². The van der Waals surface area contributed by atoms with E-state index in [9.17, 15) is 0 Å². The van der Waals surface area contributed by atoms with Gasteiger partial charge in [0.15, 0.2) is 5.90 Å². The molecular weight excluding hydrogens is 252 g/mol. The highest BCUT2D eigenvalue weighted by Gasteiger charge is 2.26. The van der Waals surface area contributed by atoms with Gasteiger partial charge in [-0.3, -0.25) is 4.99 Å². The summed E-state index contributed by atoms with van der Waals surface area (Å²) in [5.74, 6) is 2.52. The minimum Gasteiger partial charge on any atom is -0.496 e. The Morgan fingerprint density at radius 2 is 2.10 bits per heavy atom. The van der Waals surface area contributed by atoms with Crippen LogP contribution >= 0.6 is 0 Å². The molecular formula is C16H22N2O2. The molecule has 0 radical (unpaired) electrons. The Morgan fingerprint density at radius 1 is 1.30 bits per heavy atom. The molecule has 1 atom stereocenters. The lowest BCUT2D eigenvalue weighted by Gasteiger charge is -2.22. The van der Waals surface area contributed by atoms with Gasteiger partial charge in [0.2, 0.25) is 0 Å². The van der Waals surface area contributed by atoms with Gasteiger partial charge in [0.25, 0.3) is 0 Å². The number of methoxy groups -OCH3 is 1. The molecule has 3 rings (SSSR count). The van der Waals surface area contributed by atoms with Crippen molar-refractivity contribution in [3.63, 3.8) is 0 Å². The fraction of sp³-hybridized carbons (Fsp3) is 0.562. The van der Waals surface area contributed by atoms with E-state index in [4.69, 9.17) is 9.47 Å². The lowest BCUT2D eigenvalue weighted by atomic mass is 9.95. The Labute approximate surface area is 120 Å². The van der Waals surface area contributed by atoms with Gasteiger partial charge < -0.3 is 14.8 Å². The number of hydrogen-bond acceptors (Lipinski definition) is 4. The van der Waals surface area contributed by atoms with E-state index in [-0.39, 0.29) is 6.10 Å². The summed E-state index contributed by atoms with van der Waals surface area (Å²) >= 11 is 0. The second kappa shape index (κ2) is 6.27. The van der Waals surface area contributed by atoms with Crippen molar-refractivity contribution >= 4 is 5.90 Å². The highest BCUT2D eigenvalue weighted by atomic mass is 16.5. The first-order valence-corrected chi connectivity index (χ1v) is 7.40. The number of ether oxygens (including phenoxy) is 2. The summed E-state index contributed by atoms with van der Waals surface area (Å²) in [5, 5.41) is 3.39. The van der Waals surface area contributed by atoms with Gasteiger partial charge in [0.1, 0.15) is 11.9 Å². The van der Waals surface area contributed by atoms with Crippen molar-refractivity contribution in [3.05, 3.63) is 29.8 Å². The van der Waals surface area contributed by atoms with Crippen LogP contribution in [0.3, 0.4) is 0 Å². The molecule has 1 fully saturated rings. The van der Waals surface area contributed by atoms with E-state index in [1.165, 1.54) is 12.8 Å². The van der Waals surface area contributed by atoms with E-state index in [1.54, 1.807) is 7.11 Å². The zero-order valence-electron chi connectivity index (χ0n) is 12.0. The standard InChI is InChI=1S/C16H22N2O2/c1-19-14-5-3-2-4-13(14)15-11-18-16(20-15)10-12-6-8-17-9-7-12/h2-5,12,15,17H,6-11H2,1H3. The number of aliphatic imine (C=N–C) groups is 1. The van der Waals surface area contributed by atoms with E-state index >= 15 is 0 Å². The molecule has 1 aromatic rings. The lowest BCUT2D eigenvalue weighted by Crippen LogP contribution is -2.29. The van der Waals surface area contributed by atoms with Crippen LogP contribution in [0.15, 0.2) is 29.3 Å². The fourth-order valence-corrected chi connectivity index (χ4v) is 2.96. The minimum atomic E-state index is 0.0165. The molecule has 0 aromatic heterocycles. The molecule has 2 aliphatic heterocycles. The number of nitrogens with one attached hydrogen (secondary N) is 1. The third kappa shape index (κ3) is 2.96. The zero-order valence-corrected chi connectivity index (χ0v) is 12.0. The maximum atomic E-state index is 6.04. The molecule has 4 nitrogen and oxygen atoms in total. The molecule has 0 spiro atoms. The number of piperidine rings is 1. The van der Waals surface area contributed by atoms with E-state index in [0.717, 1.165) is 36.7 Å². The van der Waals surface area contributed by atoms with Crippen molar-refractivity contribution in [3.8, 4) is 5.75 Å². The predicted octanol–water partition coefficient (Wildman–Crippen LogP) is 2.55. The van der Waals surface area contributed by atoms with Crippen molar-refractivity contribution in [2.45, 2.75) is 25.4 Å². The summed E-state index contributed by atoms with van der Waals surface area (Å²) in [6.45, 7) is 2.95. The van der Waals surface area contributed by atoms with Crippen molar-refractivity contribution < 1.29 is 9.47 Å². The summed E-state index contributed by atoms with van der Waals surface area (Å²) in [4.78, 5) is 4.58. The summed E-state index contributed by atoms with van der Waals surface area (Å²) in [6.07, 6.45) is 3.44. The van der Waals surface area contributed by atoms with Gasteiger partial charge in [0, 0.05) is 12.0 Å². The second-order valence-electron chi connectivity index (χ2n) is 5.48. The van der Waals surface area contributed by atoms with E-state index in [0.29, 0.717) is 12.5 Å². The molecule has 1 saturated heterocycles. The zero-order chi connectivity index (χ0) is 13.8. The maximum Gasteiger partial charge on any atom is 0.184 e. The lowest BCUT2D eigenvalue weighted by molar-refractivity contribution is 0.211. The first kappa shape index (κ1) is 13.4. The van der Waals surface area contributed by atoms with Crippen LogP contribution in [0.25, 0.3) is 0 Å². The van der Waals surface area contributed by atoms with Crippen molar-refractivity contribution in [1.29, 1.82) is 0 Å². The van der Waals surface area contributed by atoms with Gasteiger partial charge in [-0.25, -0.2) is 0 Å². The van der Waals surface area contributed by atoms with Crippen LogP contribution in [-0.2, 0) is 4.74 Å². The number of benzene rings is 1. The van der Waals surface area contributed by atoms with E-state index < -0.39 is 0 Å². The Bertz CT molecular complexity index is 481. The largest absolute Gasteiger partial charge is 0.496 e. The molecule has 20 heavy (non-hydrogen) atoms. The van der Waals surface area contributed by atoms with Crippen LogP contribution < -0.4 is 10.1 Å². The highest BCUT2D eigenvalue weighted by molar-refractivity contribution is 5.78. The SMILES string of the molecule is COc1ccccc1C1CN=C(CC2CCNCC2)O1. The molecule has 0 bridgehead atoms. The van der Waals surface area contributed by atoms with Crippen LogP contribution in [0.4, 0.5) is 0 Å². The van der Waals surface area contributed by atoms with Gasteiger partial charge in [-0.15, -0.1) is 0 Å². The summed E-state index contributed by atoms with van der Waals surface area (Å²) < 4.78 is 11.4. The average molecular weight is 274 g/mol. The van der Waals surface area contributed by atoms with Crippen molar-refractivity contribution in [2.24, 2.45) is 10.9 Å². The van der Waals surface area contributed by atoms with Crippen LogP contribution in [0.1, 0.15) is 30.9 Å². The van der Waals surface area contributed by atoms with Gasteiger partial charge >= 0.3 is 0 Å². The Kier molecular flexibility index (Phi) is 4.21. The minimum absolute atomic E-state index is 0.0165.